The number of nitrogens with one attached hydrogen (secondary N) is 1. The second-order valence-corrected chi connectivity index (χ2v) is 8.48. The van der Waals surface area contributed by atoms with Crippen LogP contribution in [-0.4, -0.2) is 45.9 Å². The Balaban J connectivity index is 1.89. The van der Waals surface area contributed by atoms with Gasteiger partial charge in [-0.3, -0.25) is 9.89 Å². The molecule has 0 fully saturated rings. The standard InChI is InChI=1S/C27H31N3O4/c1-6-11-30-25(18-9-10-20(34-12-7-2)21(15-18)33-8-3)22-23(28-29-24(22)27(30)32)19-14-16(4)13-17(5)26(19)31/h7,9-10,13-15,25,31H,2,6,8,11-12H2,1,3-5H3,(H,28,29). The largest absolute Gasteiger partial charge is 0.507 e. The average Bonchev–Trinajstić information content (AvgIpc) is 3.35. The van der Waals surface area contributed by atoms with Crippen LogP contribution in [0.15, 0.2) is 43.0 Å². The fourth-order valence-corrected chi connectivity index (χ4v) is 4.59. The van der Waals surface area contributed by atoms with Crippen molar-refractivity contribution < 1.29 is 19.4 Å². The van der Waals surface area contributed by atoms with E-state index in [1.807, 2.05) is 62.9 Å². The Morgan fingerprint density at radius 3 is 2.68 bits per heavy atom. The SMILES string of the molecule is C=CCOc1ccc(C2c3c(-c4cc(C)cc(C)c4O)n[nH]c3C(=O)N2CCC)cc1OCC. The first kappa shape index (κ1) is 23.4. The number of aryl methyl sites for hydroxylation is 2. The van der Waals surface area contributed by atoms with Crippen molar-refractivity contribution in [1.82, 2.24) is 15.1 Å². The van der Waals surface area contributed by atoms with E-state index >= 15 is 0 Å². The molecule has 0 saturated heterocycles. The maximum absolute atomic E-state index is 13.4. The lowest BCUT2D eigenvalue weighted by atomic mass is 9.94. The third-order valence-corrected chi connectivity index (χ3v) is 5.97. The van der Waals surface area contributed by atoms with E-state index in [0.29, 0.717) is 48.2 Å². The summed E-state index contributed by atoms with van der Waals surface area (Å²) in [5.74, 6) is 1.30. The van der Waals surface area contributed by atoms with Gasteiger partial charge in [0.05, 0.1) is 12.6 Å². The van der Waals surface area contributed by atoms with Gasteiger partial charge >= 0.3 is 0 Å². The van der Waals surface area contributed by atoms with Crippen molar-refractivity contribution in [3.8, 4) is 28.5 Å². The molecule has 1 atom stereocenters. The third kappa shape index (κ3) is 4.02. The summed E-state index contributed by atoms with van der Waals surface area (Å²) >= 11 is 0. The minimum absolute atomic E-state index is 0.102. The summed E-state index contributed by atoms with van der Waals surface area (Å²) in [5, 5.41) is 18.3. The first-order valence-electron chi connectivity index (χ1n) is 11.6. The van der Waals surface area contributed by atoms with Crippen molar-refractivity contribution in [3.05, 3.63) is 70.9 Å². The summed E-state index contributed by atoms with van der Waals surface area (Å²) in [5.41, 5.74) is 5.08. The number of phenols is 1. The molecule has 1 aliphatic heterocycles. The molecule has 7 heteroatoms. The average molecular weight is 462 g/mol. The summed E-state index contributed by atoms with van der Waals surface area (Å²) in [4.78, 5) is 15.2. The van der Waals surface area contributed by atoms with Crippen LogP contribution >= 0.6 is 0 Å². The Kier molecular flexibility index (Phi) is 6.63. The van der Waals surface area contributed by atoms with Crippen LogP contribution in [0.25, 0.3) is 11.3 Å². The van der Waals surface area contributed by atoms with Gasteiger partial charge in [0.2, 0.25) is 0 Å². The van der Waals surface area contributed by atoms with Gasteiger partial charge in [0.25, 0.3) is 5.91 Å². The molecule has 178 valence electrons. The molecule has 0 bridgehead atoms. The summed E-state index contributed by atoms with van der Waals surface area (Å²) < 4.78 is 11.6. The van der Waals surface area contributed by atoms with Crippen LogP contribution in [0.2, 0.25) is 0 Å². The van der Waals surface area contributed by atoms with E-state index in [0.717, 1.165) is 28.7 Å². The molecule has 1 aliphatic rings. The normalized spacial score (nSPS) is 14.9. The van der Waals surface area contributed by atoms with Crippen molar-refractivity contribution in [2.24, 2.45) is 0 Å². The highest BCUT2D eigenvalue weighted by molar-refractivity contribution is 6.00. The van der Waals surface area contributed by atoms with E-state index in [2.05, 4.69) is 16.8 Å². The third-order valence-electron chi connectivity index (χ3n) is 5.97. The van der Waals surface area contributed by atoms with Gasteiger partial charge in [-0.2, -0.15) is 5.10 Å². The maximum atomic E-state index is 13.4. The zero-order valence-corrected chi connectivity index (χ0v) is 20.1. The van der Waals surface area contributed by atoms with Gasteiger partial charge < -0.3 is 19.5 Å². The van der Waals surface area contributed by atoms with Crippen LogP contribution in [0.3, 0.4) is 0 Å². The van der Waals surface area contributed by atoms with Crippen LogP contribution in [-0.2, 0) is 0 Å². The fourth-order valence-electron chi connectivity index (χ4n) is 4.59. The van der Waals surface area contributed by atoms with E-state index in [4.69, 9.17) is 9.47 Å². The zero-order valence-electron chi connectivity index (χ0n) is 20.1. The maximum Gasteiger partial charge on any atom is 0.273 e. The van der Waals surface area contributed by atoms with Gasteiger partial charge in [-0.1, -0.05) is 31.7 Å². The van der Waals surface area contributed by atoms with Crippen LogP contribution in [0.5, 0.6) is 17.2 Å². The second kappa shape index (κ2) is 9.63. The number of fused-ring (bicyclic) bond motifs is 1. The number of aromatic nitrogens is 2. The van der Waals surface area contributed by atoms with Crippen molar-refractivity contribution in [3.63, 3.8) is 0 Å². The van der Waals surface area contributed by atoms with Gasteiger partial charge in [-0.15, -0.1) is 0 Å². The van der Waals surface area contributed by atoms with Gasteiger partial charge in [-0.25, -0.2) is 0 Å². The van der Waals surface area contributed by atoms with Gasteiger partial charge in [0.15, 0.2) is 11.5 Å². The molecule has 1 amide bonds. The van der Waals surface area contributed by atoms with Crippen LogP contribution in [0.4, 0.5) is 0 Å². The summed E-state index contributed by atoms with van der Waals surface area (Å²) in [7, 11) is 0. The van der Waals surface area contributed by atoms with E-state index in [1.165, 1.54) is 0 Å². The van der Waals surface area contributed by atoms with E-state index in [1.54, 1.807) is 6.08 Å². The number of nitrogens with zero attached hydrogens (tertiary/aromatic N) is 2. The number of phenolic OH excluding ortho intramolecular Hbond substituents is 1. The molecule has 1 unspecified atom stereocenters. The van der Waals surface area contributed by atoms with Crippen LogP contribution in [0, 0.1) is 13.8 Å². The molecule has 4 rings (SSSR count). The number of ether oxygens (including phenoxy) is 2. The van der Waals surface area contributed by atoms with Gasteiger partial charge in [0, 0.05) is 17.7 Å². The Morgan fingerprint density at radius 1 is 1.18 bits per heavy atom. The second-order valence-electron chi connectivity index (χ2n) is 8.48. The summed E-state index contributed by atoms with van der Waals surface area (Å²) in [6.45, 7) is 12.9. The number of aromatic amines is 1. The lowest BCUT2D eigenvalue weighted by molar-refractivity contribution is 0.0743. The molecule has 34 heavy (non-hydrogen) atoms. The molecule has 0 radical (unpaired) electrons. The first-order valence-corrected chi connectivity index (χ1v) is 11.6. The lowest BCUT2D eigenvalue weighted by Crippen LogP contribution is -2.30. The molecule has 2 N–H and O–H groups in total. The number of carbonyl (C=O) groups is 1. The zero-order chi connectivity index (χ0) is 24.4. The van der Waals surface area contributed by atoms with Crippen molar-refractivity contribution in [2.45, 2.75) is 40.2 Å². The van der Waals surface area contributed by atoms with E-state index in [9.17, 15) is 9.90 Å². The molecule has 0 saturated carbocycles. The minimum Gasteiger partial charge on any atom is -0.507 e. The molecular weight excluding hydrogens is 430 g/mol. The first-order chi connectivity index (χ1) is 16.4. The highest BCUT2D eigenvalue weighted by Gasteiger charge is 2.42. The minimum atomic E-state index is -0.371. The number of hydrogen-bond acceptors (Lipinski definition) is 5. The number of carbonyl (C=O) groups excluding carboxylic acids is 1. The highest BCUT2D eigenvalue weighted by Crippen LogP contribution is 2.46. The van der Waals surface area contributed by atoms with Crippen molar-refractivity contribution in [2.75, 3.05) is 19.8 Å². The Morgan fingerprint density at radius 2 is 1.97 bits per heavy atom. The van der Waals surface area contributed by atoms with Crippen LogP contribution < -0.4 is 9.47 Å². The van der Waals surface area contributed by atoms with Gasteiger partial charge in [0.1, 0.15) is 23.7 Å². The number of benzene rings is 2. The number of aromatic hydroxyl groups is 1. The van der Waals surface area contributed by atoms with Crippen molar-refractivity contribution >= 4 is 5.91 Å². The monoisotopic (exact) mass is 461 g/mol. The quantitative estimate of drug-likeness (QED) is 0.421. The van der Waals surface area contributed by atoms with Crippen LogP contribution in [0.1, 0.15) is 59.1 Å². The molecule has 0 aliphatic carbocycles. The van der Waals surface area contributed by atoms with E-state index in [-0.39, 0.29) is 17.7 Å². The van der Waals surface area contributed by atoms with Gasteiger partial charge in [-0.05, 0) is 62.1 Å². The summed E-state index contributed by atoms with van der Waals surface area (Å²) in [6.07, 6.45) is 2.49. The molecule has 7 nitrogen and oxygen atoms in total. The smallest absolute Gasteiger partial charge is 0.273 e. The molecule has 2 aromatic carbocycles. The van der Waals surface area contributed by atoms with Crippen molar-refractivity contribution in [1.29, 1.82) is 0 Å². The number of amides is 1. The Labute approximate surface area is 200 Å². The summed E-state index contributed by atoms with van der Waals surface area (Å²) in [6, 6.07) is 9.20. The molecule has 3 aromatic rings. The molecule has 0 spiro atoms. The Hall–Kier alpha value is -3.74. The van der Waals surface area contributed by atoms with E-state index < -0.39 is 0 Å². The number of hydrogen-bond donors (Lipinski definition) is 2. The topological polar surface area (TPSA) is 87.7 Å². The Bertz CT molecular complexity index is 1230. The molecule has 1 aromatic heterocycles. The molecular formula is C27H31N3O4. The lowest BCUT2D eigenvalue weighted by Gasteiger charge is -2.27. The predicted octanol–water partition coefficient (Wildman–Crippen LogP) is 5.32. The highest BCUT2D eigenvalue weighted by atomic mass is 16.5. The predicted molar refractivity (Wildman–Crippen MR) is 132 cm³/mol. The fraction of sp³-hybridized carbons (Fsp3) is 0.333. The number of rotatable bonds is 9. The molecule has 2 heterocycles. The number of H-pyrrole nitrogens is 1.